The van der Waals surface area contributed by atoms with Gasteiger partial charge in [-0.05, 0) is 23.6 Å². The zero-order valence-corrected chi connectivity index (χ0v) is 13.5. The van der Waals surface area contributed by atoms with Crippen LogP contribution in [0.4, 0.5) is 0 Å². The van der Waals surface area contributed by atoms with Crippen molar-refractivity contribution < 1.29 is 14.8 Å². The molecule has 0 radical (unpaired) electrons. The Bertz CT molecular complexity index is 597. The van der Waals surface area contributed by atoms with Crippen LogP contribution in [0.15, 0.2) is 29.6 Å². The predicted molar refractivity (Wildman–Crippen MR) is 85.3 cm³/mol. The SMILES string of the molecule is COc1cc(C[NH2+]C2CC2)cc(Cl)c1OCc1cccs1. The van der Waals surface area contributed by atoms with E-state index in [4.69, 9.17) is 21.1 Å². The molecule has 1 saturated carbocycles. The topological polar surface area (TPSA) is 35.1 Å². The molecule has 3 nitrogen and oxygen atoms in total. The van der Waals surface area contributed by atoms with Crippen molar-refractivity contribution in [3.8, 4) is 11.5 Å². The quantitative estimate of drug-likeness (QED) is 0.848. The summed E-state index contributed by atoms with van der Waals surface area (Å²) >= 11 is 8.04. The van der Waals surface area contributed by atoms with E-state index in [-0.39, 0.29) is 0 Å². The first-order chi connectivity index (χ1) is 10.3. The Balaban J connectivity index is 1.71. The summed E-state index contributed by atoms with van der Waals surface area (Å²) in [5, 5.41) is 5.01. The van der Waals surface area contributed by atoms with Gasteiger partial charge in [0.2, 0.25) is 0 Å². The van der Waals surface area contributed by atoms with Crippen LogP contribution < -0.4 is 14.8 Å². The molecule has 0 aliphatic heterocycles. The van der Waals surface area contributed by atoms with Crippen molar-refractivity contribution in [1.82, 2.24) is 0 Å². The van der Waals surface area contributed by atoms with E-state index in [0.717, 1.165) is 12.6 Å². The molecule has 1 aromatic heterocycles. The third-order valence-corrected chi connectivity index (χ3v) is 4.67. The highest BCUT2D eigenvalue weighted by Gasteiger charge is 2.25. The third-order valence-electron chi connectivity index (χ3n) is 3.54. The van der Waals surface area contributed by atoms with Gasteiger partial charge in [0.1, 0.15) is 13.2 Å². The molecule has 2 N–H and O–H groups in total. The fraction of sp³-hybridized carbons (Fsp3) is 0.375. The van der Waals surface area contributed by atoms with E-state index >= 15 is 0 Å². The molecule has 21 heavy (non-hydrogen) atoms. The number of hydrogen-bond acceptors (Lipinski definition) is 3. The largest absolute Gasteiger partial charge is 0.493 e. The van der Waals surface area contributed by atoms with Crippen LogP contribution in [-0.4, -0.2) is 13.2 Å². The molecule has 1 aliphatic rings. The smallest absolute Gasteiger partial charge is 0.180 e. The second-order valence-corrected chi connectivity index (χ2v) is 6.69. The predicted octanol–water partition coefficient (Wildman–Crippen LogP) is 3.21. The fourth-order valence-corrected chi connectivity index (χ4v) is 3.11. The van der Waals surface area contributed by atoms with Gasteiger partial charge in [0.15, 0.2) is 11.5 Å². The number of hydrogen-bond donors (Lipinski definition) is 1. The standard InChI is InChI=1S/C16H18ClNO2S/c1-19-15-8-11(9-18-12-4-5-12)7-14(17)16(15)20-10-13-3-2-6-21-13/h2-3,6-8,12,18H,4-5,9-10H2,1H3/p+1. The van der Waals surface area contributed by atoms with Crippen molar-refractivity contribution in [1.29, 1.82) is 0 Å². The van der Waals surface area contributed by atoms with E-state index in [0.29, 0.717) is 23.1 Å². The number of halogens is 1. The maximum absolute atomic E-state index is 6.37. The van der Waals surface area contributed by atoms with Gasteiger partial charge in [-0.3, -0.25) is 0 Å². The molecule has 112 valence electrons. The Morgan fingerprint density at radius 2 is 2.24 bits per heavy atom. The van der Waals surface area contributed by atoms with Crippen LogP contribution in [0.1, 0.15) is 23.3 Å². The number of thiophene rings is 1. The van der Waals surface area contributed by atoms with Crippen molar-refractivity contribution in [2.45, 2.75) is 32.0 Å². The van der Waals surface area contributed by atoms with E-state index in [1.807, 2.05) is 29.6 Å². The number of benzene rings is 1. The fourth-order valence-electron chi connectivity index (χ4n) is 2.20. The van der Waals surface area contributed by atoms with E-state index < -0.39 is 0 Å². The van der Waals surface area contributed by atoms with Crippen molar-refractivity contribution in [3.63, 3.8) is 0 Å². The molecule has 2 aromatic rings. The summed E-state index contributed by atoms with van der Waals surface area (Å²) in [4.78, 5) is 1.17. The average Bonchev–Trinajstić information content (AvgIpc) is 3.17. The lowest BCUT2D eigenvalue weighted by atomic mass is 10.2. The van der Waals surface area contributed by atoms with Gasteiger partial charge in [0.05, 0.1) is 18.2 Å². The van der Waals surface area contributed by atoms with E-state index in [9.17, 15) is 0 Å². The molecule has 0 unspecified atom stereocenters. The van der Waals surface area contributed by atoms with Crippen LogP contribution in [0.3, 0.4) is 0 Å². The van der Waals surface area contributed by atoms with E-state index in [1.165, 1.54) is 23.3 Å². The zero-order valence-electron chi connectivity index (χ0n) is 12.0. The lowest BCUT2D eigenvalue weighted by Crippen LogP contribution is -2.84. The second-order valence-electron chi connectivity index (χ2n) is 5.25. The Labute approximate surface area is 133 Å². The van der Waals surface area contributed by atoms with Crippen LogP contribution in [0.2, 0.25) is 5.02 Å². The normalized spacial score (nSPS) is 14.2. The van der Waals surface area contributed by atoms with Crippen LogP contribution >= 0.6 is 22.9 Å². The molecule has 3 rings (SSSR count). The van der Waals surface area contributed by atoms with Crippen molar-refractivity contribution in [2.75, 3.05) is 7.11 Å². The highest BCUT2D eigenvalue weighted by molar-refractivity contribution is 7.09. The molecular formula is C16H19ClNO2S+. The molecule has 0 atom stereocenters. The van der Waals surface area contributed by atoms with Gasteiger partial charge in [-0.15, -0.1) is 11.3 Å². The zero-order chi connectivity index (χ0) is 14.7. The van der Waals surface area contributed by atoms with Gasteiger partial charge in [-0.1, -0.05) is 17.7 Å². The number of rotatable bonds is 7. The van der Waals surface area contributed by atoms with Gasteiger partial charge >= 0.3 is 0 Å². The van der Waals surface area contributed by atoms with Crippen LogP contribution in [0.5, 0.6) is 11.5 Å². The number of ether oxygens (including phenoxy) is 2. The second kappa shape index (κ2) is 6.69. The van der Waals surface area contributed by atoms with Gasteiger partial charge in [0.25, 0.3) is 0 Å². The molecule has 0 saturated heterocycles. The monoisotopic (exact) mass is 324 g/mol. The highest BCUT2D eigenvalue weighted by Crippen LogP contribution is 2.37. The lowest BCUT2D eigenvalue weighted by molar-refractivity contribution is -0.683. The Hall–Kier alpha value is -1.23. The summed E-state index contributed by atoms with van der Waals surface area (Å²) in [6, 6.07) is 8.86. The lowest BCUT2D eigenvalue weighted by Gasteiger charge is -2.13. The van der Waals surface area contributed by atoms with Crippen molar-refractivity contribution in [2.24, 2.45) is 0 Å². The Morgan fingerprint density at radius 1 is 1.38 bits per heavy atom. The molecular weight excluding hydrogens is 306 g/mol. The molecule has 0 amide bonds. The molecule has 1 aliphatic carbocycles. The molecule has 1 aromatic carbocycles. The van der Waals surface area contributed by atoms with Gasteiger partial charge in [-0.2, -0.15) is 0 Å². The first kappa shape index (κ1) is 14.7. The van der Waals surface area contributed by atoms with Crippen LogP contribution in [0.25, 0.3) is 0 Å². The minimum absolute atomic E-state index is 0.515. The van der Waals surface area contributed by atoms with Crippen LogP contribution in [0, 0.1) is 0 Å². The summed E-state index contributed by atoms with van der Waals surface area (Å²) in [6.45, 7) is 1.45. The minimum atomic E-state index is 0.515. The first-order valence-corrected chi connectivity index (χ1v) is 8.37. The maximum Gasteiger partial charge on any atom is 0.180 e. The van der Waals surface area contributed by atoms with Crippen molar-refractivity contribution in [3.05, 3.63) is 45.1 Å². The third kappa shape index (κ3) is 3.90. The van der Waals surface area contributed by atoms with Crippen LogP contribution in [-0.2, 0) is 13.2 Å². The number of quaternary nitrogens is 1. The Kier molecular flexibility index (Phi) is 4.68. The van der Waals surface area contributed by atoms with Gasteiger partial charge in [-0.25, -0.2) is 0 Å². The minimum Gasteiger partial charge on any atom is -0.493 e. The maximum atomic E-state index is 6.37. The summed E-state index contributed by atoms with van der Waals surface area (Å²) in [6.07, 6.45) is 2.65. The summed E-state index contributed by atoms with van der Waals surface area (Å²) in [7, 11) is 1.65. The summed E-state index contributed by atoms with van der Waals surface area (Å²) in [5.74, 6) is 1.33. The van der Waals surface area contributed by atoms with Gasteiger partial charge in [0, 0.05) is 23.3 Å². The first-order valence-electron chi connectivity index (χ1n) is 7.11. The van der Waals surface area contributed by atoms with E-state index in [2.05, 4.69) is 5.32 Å². The van der Waals surface area contributed by atoms with Crippen molar-refractivity contribution >= 4 is 22.9 Å². The molecule has 1 heterocycles. The molecule has 0 bridgehead atoms. The molecule has 5 heteroatoms. The summed E-state index contributed by atoms with van der Waals surface area (Å²) < 4.78 is 11.3. The molecule has 1 fully saturated rings. The van der Waals surface area contributed by atoms with Gasteiger partial charge < -0.3 is 14.8 Å². The number of nitrogens with two attached hydrogens (primary N) is 1. The summed E-state index contributed by atoms with van der Waals surface area (Å²) in [5.41, 5.74) is 1.17. The average molecular weight is 325 g/mol. The Morgan fingerprint density at radius 3 is 2.90 bits per heavy atom. The highest BCUT2D eigenvalue weighted by atomic mass is 35.5. The van der Waals surface area contributed by atoms with E-state index in [1.54, 1.807) is 18.4 Å². The molecule has 0 spiro atoms. The number of methoxy groups -OCH3 is 1.